The molecule has 0 aliphatic carbocycles. The number of cyclic esters (lactones) is 1. The van der Waals surface area contributed by atoms with E-state index in [-0.39, 0.29) is 31.5 Å². The van der Waals surface area contributed by atoms with Crippen molar-refractivity contribution < 1.29 is 33.0 Å². The van der Waals surface area contributed by atoms with E-state index in [4.69, 9.17) is 9.47 Å². The van der Waals surface area contributed by atoms with Crippen molar-refractivity contribution >= 4 is 35.3 Å². The van der Waals surface area contributed by atoms with Crippen LogP contribution in [-0.4, -0.2) is 79.8 Å². The molecule has 1 unspecified atom stereocenters. The number of hydrogen-bond acceptors (Lipinski definition) is 7. The van der Waals surface area contributed by atoms with Gasteiger partial charge in [0, 0.05) is 33.5 Å². The summed E-state index contributed by atoms with van der Waals surface area (Å²) in [6.07, 6.45) is 1.26. The second kappa shape index (κ2) is 9.47. The summed E-state index contributed by atoms with van der Waals surface area (Å²) in [7, 11) is 0. The first-order valence-corrected chi connectivity index (χ1v) is 11.4. The lowest BCUT2D eigenvalue weighted by molar-refractivity contribution is -0.152. The number of hydrogen-bond donors (Lipinski definition) is 1. The molecule has 1 aromatic carbocycles. The van der Waals surface area contributed by atoms with Gasteiger partial charge in [-0.3, -0.25) is 19.3 Å². The van der Waals surface area contributed by atoms with Gasteiger partial charge < -0.3 is 24.6 Å². The summed E-state index contributed by atoms with van der Waals surface area (Å²) in [6, 6.07) is 4.61. The summed E-state index contributed by atoms with van der Waals surface area (Å²) in [5, 5.41) is 2.61. The Kier molecular flexibility index (Phi) is 6.63. The van der Waals surface area contributed by atoms with Crippen LogP contribution in [0.15, 0.2) is 18.2 Å². The number of benzene rings is 1. The Labute approximate surface area is 196 Å². The zero-order valence-electron chi connectivity index (χ0n) is 19.3. The Balaban J connectivity index is 1.43. The highest BCUT2D eigenvalue weighted by molar-refractivity contribution is 5.90. The van der Waals surface area contributed by atoms with Crippen LogP contribution in [-0.2, 0) is 23.9 Å². The Hall–Kier alpha value is -3.37. The SMILES string of the molecule is CC(=O)NC[C@H]1CN(c2ccc(N3CCC4(CCCN4C(=O)COC(C)=O)C3)c(F)c2)C(=O)O1. The van der Waals surface area contributed by atoms with Crippen LogP contribution in [0.1, 0.15) is 33.1 Å². The van der Waals surface area contributed by atoms with E-state index in [1.807, 2.05) is 4.90 Å². The van der Waals surface area contributed by atoms with E-state index in [0.717, 1.165) is 12.8 Å². The third kappa shape index (κ3) is 4.78. The van der Waals surface area contributed by atoms with Gasteiger partial charge in [-0.05, 0) is 37.5 Å². The number of carbonyl (C=O) groups is 4. The van der Waals surface area contributed by atoms with Crippen molar-refractivity contribution in [3.05, 3.63) is 24.0 Å². The van der Waals surface area contributed by atoms with Gasteiger partial charge in [-0.15, -0.1) is 0 Å². The highest BCUT2D eigenvalue weighted by Gasteiger charge is 2.48. The number of halogens is 1. The van der Waals surface area contributed by atoms with Gasteiger partial charge in [0.25, 0.3) is 5.91 Å². The fourth-order valence-corrected chi connectivity index (χ4v) is 5.07. The molecule has 3 amide bonds. The summed E-state index contributed by atoms with van der Waals surface area (Å²) in [6.45, 7) is 4.43. The molecule has 0 radical (unpaired) electrons. The molecule has 1 spiro atoms. The third-order valence-corrected chi connectivity index (χ3v) is 6.67. The zero-order valence-corrected chi connectivity index (χ0v) is 19.3. The fourth-order valence-electron chi connectivity index (χ4n) is 5.07. The molecule has 3 fully saturated rings. The molecule has 0 bridgehead atoms. The lowest BCUT2D eigenvalue weighted by Gasteiger charge is -2.35. The van der Waals surface area contributed by atoms with Gasteiger partial charge in [-0.1, -0.05) is 0 Å². The van der Waals surface area contributed by atoms with Crippen molar-refractivity contribution in [3.63, 3.8) is 0 Å². The summed E-state index contributed by atoms with van der Waals surface area (Å²) in [5.74, 6) is -1.42. The second-order valence-electron chi connectivity index (χ2n) is 9.01. The standard InChI is InChI=1S/C23H29FN4O6/c1-15(29)25-11-18-12-27(22(32)34-18)17-4-5-20(19(24)10-17)26-9-7-23(14-26)6-3-8-28(23)21(31)13-33-16(2)30/h4-5,10,18H,3,6-9,11-14H2,1-2H3,(H,25,29)/t18-,23?/m0/s1. The number of amides is 3. The average Bonchev–Trinajstić information content (AvgIpc) is 3.50. The van der Waals surface area contributed by atoms with Gasteiger partial charge >= 0.3 is 12.1 Å². The van der Waals surface area contributed by atoms with Crippen LogP contribution in [0.2, 0.25) is 0 Å². The quantitative estimate of drug-likeness (QED) is 0.619. The lowest BCUT2D eigenvalue weighted by Crippen LogP contribution is -2.50. The Bertz CT molecular complexity index is 1000. The predicted octanol–water partition coefficient (Wildman–Crippen LogP) is 1.42. The van der Waals surface area contributed by atoms with Crippen molar-refractivity contribution in [1.82, 2.24) is 10.2 Å². The first-order chi connectivity index (χ1) is 16.2. The monoisotopic (exact) mass is 476 g/mol. The average molecular weight is 477 g/mol. The smallest absolute Gasteiger partial charge is 0.414 e. The number of likely N-dealkylation sites (tertiary alicyclic amines) is 1. The molecule has 0 saturated carbocycles. The summed E-state index contributed by atoms with van der Waals surface area (Å²) in [5.41, 5.74) is 0.379. The van der Waals surface area contributed by atoms with Gasteiger partial charge in [0.1, 0.15) is 11.9 Å². The topological polar surface area (TPSA) is 108 Å². The highest BCUT2D eigenvalue weighted by Crippen LogP contribution is 2.40. The normalized spacial score (nSPS) is 24.0. The van der Waals surface area contributed by atoms with Crippen molar-refractivity contribution in [2.24, 2.45) is 0 Å². The minimum Gasteiger partial charge on any atom is -0.456 e. The van der Waals surface area contributed by atoms with Crippen LogP contribution >= 0.6 is 0 Å². The van der Waals surface area contributed by atoms with Crippen LogP contribution in [0.3, 0.4) is 0 Å². The van der Waals surface area contributed by atoms with Crippen molar-refractivity contribution in [2.75, 3.05) is 49.1 Å². The van der Waals surface area contributed by atoms with E-state index in [9.17, 15) is 19.2 Å². The molecule has 184 valence electrons. The van der Waals surface area contributed by atoms with Crippen LogP contribution in [0.25, 0.3) is 0 Å². The van der Waals surface area contributed by atoms with Crippen LogP contribution in [0.4, 0.5) is 20.6 Å². The molecule has 0 aromatic heterocycles. The van der Waals surface area contributed by atoms with Crippen LogP contribution in [0, 0.1) is 5.82 Å². The number of ether oxygens (including phenoxy) is 2. The molecule has 3 heterocycles. The summed E-state index contributed by atoms with van der Waals surface area (Å²) >= 11 is 0. The number of anilines is 2. The van der Waals surface area contributed by atoms with Crippen molar-refractivity contribution in [2.45, 2.75) is 44.8 Å². The van der Waals surface area contributed by atoms with Gasteiger partial charge in [0.05, 0.1) is 30.0 Å². The van der Waals surface area contributed by atoms with Gasteiger partial charge in [-0.25, -0.2) is 9.18 Å². The maximum Gasteiger partial charge on any atom is 0.414 e. The Morgan fingerprint density at radius 1 is 1.24 bits per heavy atom. The van der Waals surface area contributed by atoms with Crippen molar-refractivity contribution in [3.8, 4) is 0 Å². The molecule has 4 rings (SSSR count). The summed E-state index contributed by atoms with van der Waals surface area (Å²) in [4.78, 5) is 52.1. The van der Waals surface area contributed by atoms with E-state index in [0.29, 0.717) is 37.4 Å². The number of carbonyl (C=O) groups excluding carboxylic acids is 4. The first-order valence-electron chi connectivity index (χ1n) is 11.4. The molecular weight excluding hydrogens is 447 g/mol. The number of nitrogens with zero attached hydrogens (tertiary/aromatic N) is 3. The number of nitrogens with one attached hydrogen (secondary N) is 1. The lowest BCUT2D eigenvalue weighted by atomic mass is 9.95. The minimum atomic E-state index is -0.587. The van der Waals surface area contributed by atoms with E-state index in [1.165, 1.54) is 24.8 Å². The maximum atomic E-state index is 15.2. The van der Waals surface area contributed by atoms with Gasteiger partial charge in [-0.2, -0.15) is 0 Å². The Morgan fingerprint density at radius 3 is 2.74 bits per heavy atom. The molecule has 2 atom stereocenters. The largest absolute Gasteiger partial charge is 0.456 e. The van der Waals surface area contributed by atoms with Gasteiger partial charge in [0.2, 0.25) is 5.91 Å². The molecule has 34 heavy (non-hydrogen) atoms. The third-order valence-electron chi connectivity index (χ3n) is 6.67. The predicted molar refractivity (Wildman–Crippen MR) is 120 cm³/mol. The maximum absolute atomic E-state index is 15.2. The molecule has 3 aliphatic rings. The Morgan fingerprint density at radius 2 is 2.03 bits per heavy atom. The molecule has 3 aliphatic heterocycles. The van der Waals surface area contributed by atoms with E-state index < -0.39 is 29.5 Å². The van der Waals surface area contributed by atoms with Crippen molar-refractivity contribution in [1.29, 1.82) is 0 Å². The molecule has 1 N–H and O–H groups in total. The second-order valence-corrected chi connectivity index (χ2v) is 9.01. The molecule has 1 aromatic rings. The molecule has 10 nitrogen and oxygen atoms in total. The summed E-state index contributed by atoms with van der Waals surface area (Å²) < 4.78 is 25.3. The van der Waals surface area contributed by atoms with Crippen LogP contribution < -0.4 is 15.1 Å². The van der Waals surface area contributed by atoms with Crippen LogP contribution in [0.5, 0.6) is 0 Å². The molecule has 3 saturated heterocycles. The number of rotatable bonds is 6. The molecule has 11 heteroatoms. The van der Waals surface area contributed by atoms with E-state index in [1.54, 1.807) is 17.0 Å². The fraction of sp³-hybridized carbons (Fsp3) is 0.565. The zero-order chi connectivity index (χ0) is 24.5. The van der Waals surface area contributed by atoms with E-state index in [2.05, 4.69) is 5.32 Å². The minimum absolute atomic E-state index is 0.195. The van der Waals surface area contributed by atoms with E-state index >= 15 is 4.39 Å². The van der Waals surface area contributed by atoms with Gasteiger partial charge in [0.15, 0.2) is 6.61 Å². The highest BCUT2D eigenvalue weighted by atomic mass is 19.1. The first kappa shape index (κ1) is 23.8. The molecular formula is C23H29FN4O6. The number of esters is 1.